The molecule has 0 aromatic rings. The van der Waals surface area contributed by atoms with Gasteiger partial charge in [-0.1, -0.05) is 0 Å². The van der Waals surface area contributed by atoms with Gasteiger partial charge in [-0.05, 0) is 32.6 Å². The number of ketones is 1. The van der Waals surface area contributed by atoms with Crippen LogP contribution in [0.3, 0.4) is 0 Å². The lowest BCUT2D eigenvalue weighted by atomic mass is 9.75. The second-order valence-electron chi connectivity index (χ2n) is 5.46. The van der Waals surface area contributed by atoms with Crippen LogP contribution < -0.4 is 5.32 Å². The maximum absolute atomic E-state index is 11.6. The summed E-state index contributed by atoms with van der Waals surface area (Å²) >= 11 is 0. The molecule has 0 bridgehead atoms. The predicted molar refractivity (Wildman–Crippen MR) is 55.9 cm³/mol. The van der Waals surface area contributed by atoms with Crippen molar-refractivity contribution in [2.24, 2.45) is 5.92 Å². The van der Waals surface area contributed by atoms with Gasteiger partial charge in [-0.2, -0.15) is 0 Å². The molecule has 16 heavy (non-hydrogen) atoms. The van der Waals surface area contributed by atoms with Crippen molar-refractivity contribution in [3.8, 4) is 0 Å². The first-order valence-electron chi connectivity index (χ1n) is 5.51. The molecule has 5 heteroatoms. The van der Waals surface area contributed by atoms with Crippen molar-refractivity contribution in [2.75, 3.05) is 0 Å². The molecule has 5 nitrogen and oxygen atoms in total. The number of Topliss-reactive ketones (excluding diaryl/α,β-unsaturated/α-hetero) is 1. The molecule has 2 fully saturated rings. The van der Waals surface area contributed by atoms with E-state index in [0.717, 1.165) is 0 Å². The average Bonchev–Trinajstić information content (AvgIpc) is 2.42. The average molecular weight is 227 g/mol. The van der Waals surface area contributed by atoms with Crippen LogP contribution in [-0.4, -0.2) is 39.1 Å². The summed E-state index contributed by atoms with van der Waals surface area (Å²) in [5.41, 5.74) is -2.27. The van der Waals surface area contributed by atoms with E-state index in [2.05, 4.69) is 5.32 Å². The summed E-state index contributed by atoms with van der Waals surface area (Å²) < 4.78 is 0. The van der Waals surface area contributed by atoms with E-state index in [0.29, 0.717) is 12.8 Å². The predicted octanol–water partition coefficient (Wildman–Crippen LogP) is -0.0783. The molecular weight excluding hydrogens is 210 g/mol. The molecule has 1 heterocycles. The summed E-state index contributed by atoms with van der Waals surface area (Å²) in [7, 11) is 0. The molecule has 0 radical (unpaired) electrons. The number of carbonyl (C=O) groups is 2. The van der Waals surface area contributed by atoms with Crippen LogP contribution in [0.15, 0.2) is 0 Å². The fourth-order valence-electron chi connectivity index (χ4n) is 2.83. The molecule has 4 atom stereocenters. The van der Waals surface area contributed by atoms with Crippen molar-refractivity contribution in [1.29, 1.82) is 0 Å². The Labute approximate surface area is 93.8 Å². The first-order chi connectivity index (χ1) is 7.24. The molecule has 0 spiro atoms. The normalized spacial score (nSPS) is 47.8. The van der Waals surface area contributed by atoms with Gasteiger partial charge in [-0.3, -0.25) is 14.9 Å². The first-order valence-corrected chi connectivity index (χ1v) is 5.51. The van der Waals surface area contributed by atoms with Crippen LogP contribution in [0.25, 0.3) is 0 Å². The smallest absolute Gasteiger partial charge is 0.323 e. The highest BCUT2D eigenvalue weighted by atomic mass is 16.4. The number of nitrogens with one attached hydrogen (secondary N) is 1. The van der Waals surface area contributed by atoms with Crippen LogP contribution in [0.2, 0.25) is 0 Å². The Balaban J connectivity index is 2.19. The molecule has 2 aliphatic rings. The van der Waals surface area contributed by atoms with E-state index in [9.17, 15) is 14.7 Å². The van der Waals surface area contributed by atoms with Gasteiger partial charge in [-0.25, -0.2) is 0 Å². The molecule has 0 aromatic heterocycles. The van der Waals surface area contributed by atoms with Gasteiger partial charge < -0.3 is 10.2 Å². The lowest BCUT2D eigenvalue weighted by Crippen LogP contribution is -2.52. The molecule has 1 saturated heterocycles. The molecule has 1 aliphatic heterocycles. The van der Waals surface area contributed by atoms with Crippen molar-refractivity contribution < 1.29 is 19.8 Å². The van der Waals surface area contributed by atoms with E-state index in [4.69, 9.17) is 5.11 Å². The summed E-state index contributed by atoms with van der Waals surface area (Å²) in [5, 5.41) is 22.0. The third-order valence-electron chi connectivity index (χ3n) is 3.88. The summed E-state index contributed by atoms with van der Waals surface area (Å²) in [6.07, 6.45) is 1.03. The first kappa shape index (κ1) is 11.5. The minimum atomic E-state index is -1.31. The lowest BCUT2D eigenvalue weighted by molar-refractivity contribution is -0.143. The standard InChI is InChI=1S/C11H17NO4/c1-10(9(14)15)4-6-3-8(13)11(2,16)5-7(6)12-10/h6-7,12,16H,3-5H2,1-2H3,(H,14,15). The number of hydrogen-bond acceptors (Lipinski definition) is 4. The van der Waals surface area contributed by atoms with E-state index in [-0.39, 0.29) is 24.2 Å². The topological polar surface area (TPSA) is 86.6 Å². The third kappa shape index (κ3) is 1.64. The fourth-order valence-corrected chi connectivity index (χ4v) is 2.83. The third-order valence-corrected chi connectivity index (χ3v) is 3.88. The Morgan fingerprint density at radius 1 is 1.44 bits per heavy atom. The Morgan fingerprint density at radius 3 is 2.62 bits per heavy atom. The van der Waals surface area contributed by atoms with Gasteiger partial charge in [0.15, 0.2) is 5.78 Å². The molecule has 4 unspecified atom stereocenters. The summed E-state index contributed by atoms with van der Waals surface area (Å²) in [6.45, 7) is 3.14. The van der Waals surface area contributed by atoms with E-state index < -0.39 is 17.1 Å². The number of carboxylic acids is 1. The van der Waals surface area contributed by atoms with E-state index in [1.807, 2.05) is 0 Å². The van der Waals surface area contributed by atoms with Crippen molar-refractivity contribution in [3.63, 3.8) is 0 Å². The monoisotopic (exact) mass is 227 g/mol. The Hall–Kier alpha value is -0.940. The number of hydrogen-bond donors (Lipinski definition) is 3. The Bertz CT molecular complexity index is 352. The Kier molecular flexibility index (Phi) is 2.36. The molecule has 1 saturated carbocycles. The highest BCUT2D eigenvalue weighted by Gasteiger charge is 2.53. The molecule has 2 rings (SSSR count). The molecule has 90 valence electrons. The lowest BCUT2D eigenvalue weighted by Gasteiger charge is -2.34. The van der Waals surface area contributed by atoms with E-state index in [1.54, 1.807) is 6.92 Å². The maximum Gasteiger partial charge on any atom is 0.323 e. The zero-order valence-electron chi connectivity index (χ0n) is 9.49. The van der Waals surface area contributed by atoms with Gasteiger partial charge in [0.25, 0.3) is 0 Å². The quantitative estimate of drug-likeness (QED) is 0.583. The molecule has 1 aliphatic carbocycles. The van der Waals surface area contributed by atoms with Crippen LogP contribution in [0.4, 0.5) is 0 Å². The van der Waals surface area contributed by atoms with Crippen LogP contribution >= 0.6 is 0 Å². The second kappa shape index (κ2) is 3.28. The van der Waals surface area contributed by atoms with Crippen LogP contribution in [0.1, 0.15) is 33.1 Å². The maximum atomic E-state index is 11.6. The van der Waals surface area contributed by atoms with Gasteiger partial charge >= 0.3 is 5.97 Å². The van der Waals surface area contributed by atoms with Crippen molar-refractivity contribution in [1.82, 2.24) is 5.32 Å². The number of carboxylic acid groups (broad SMARTS) is 1. The molecule has 0 amide bonds. The summed E-state index contributed by atoms with van der Waals surface area (Å²) in [4.78, 5) is 22.7. The zero-order chi connectivity index (χ0) is 12.1. The molecular formula is C11H17NO4. The molecule has 0 aromatic carbocycles. The Morgan fingerprint density at radius 2 is 2.06 bits per heavy atom. The van der Waals surface area contributed by atoms with Gasteiger partial charge in [0, 0.05) is 12.5 Å². The van der Waals surface area contributed by atoms with Gasteiger partial charge in [0.1, 0.15) is 11.1 Å². The fraction of sp³-hybridized carbons (Fsp3) is 0.818. The van der Waals surface area contributed by atoms with Crippen molar-refractivity contribution >= 4 is 11.8 Å². The number of rotatable bonds is 1. The minimum Gasteiger partial charge on any atom is -0.480 e. The van der Waals surface area contributed by atoms with Crippen LogP contribution in [0.5, 0.6) is 0 Å². The zero-order valence-corrected chi connectivity index (χ0v) is 9.49. The number of aliphatic carboxylic acids is 1. The number of aliphatic hydroxyl groups is 1. The second-order valence-corrected chi connectivity index (χ2v) is 5.46. The minimum absolute atomic E-state index is 0.0359. The van der Waals surface area contributed by atoms with Crippen LogP contribution in [-0.2, 0) is 9.59 Å². The summed E-state index contributed by atoms with van der Waals surface area (Å²) in [5.74, 6) is -1.03. The highest BCUT2D eigenvalue weighted by molar-refractivity contribution is 5.88. The van der Waals surface area contributed by atoms with Crippen molar-refractivity contribution in [2.45, 2.75) is 50.3 Å². The van der Waals surface area contributed by atoms with E-state index in [1.165, 1.54) is 6.92 Å². The van der Waals surface area contributed by atoms with Gasteiger partial charge in [-0.15, -0.1) is 0 Å². The molecule has 3 N–H and O–H groups in total. The van der Waals surface area contributed by atoms with E-state index >= 15 is 0 Å². The van der Waals surface area contributed by atoms with Gasteiger partial charge in [0.2, 0.25) is 0 Å². The highest BCUT2D eigenvalue weighted by Crippen LogP contribution is 2.40. The largest absolute Gasteiger partial charge is 0.480 e. The summed E-state index contributed by atoms with van der Waals surface area (Å²) in [6, 6.07) is -0.0752. The van der Waals surface area contributed by atoms with Crippen LogP contribution in [0, 0.1) is 5.92 Å². The number of fused-ring (bicyclic) bond motifs is 1. The van der Waals surface area contributed by atoms with Gasteiger partial charge in [0.05, 0.1) is 0 Å². The number of carbonyl (C=O) groups excluding carboxylic acids is 1. The van der Waals surface area contributed by atoms with Crippen molar-refractivity contribution in [3.05, 3.63) is 0 Å². The SMILES string of the molecule is CC1(O)CC2NC(C)(C(=O)O)CC2CC1=O.